The predicted molar refractivity (Wildman–Crippen MR) is 116 cm³/mol. The monoisotopic (exact) mass is 419 g/mol. The molecule has 5 nitrogen and oxygen atoms in total. The van der Waals surface area contributed by atoms with Gasteiger partial charge in [0.05, 0.1) is 29.3 Å². The highest BCUT2D eigenvalue weighted by Crippen LogP contribution is 2.32. The van der Waals surface area contributed by atoms with Gasteiger partial charge >= 0.3 is 0 Å². The van der Waals surface area contributed by atoms with Gasteiger partial charge in [-0.2, -0.15) is 5.10 Å². The summed E-state index contributed by atoms with van der Waals surface area (Å²) in [5.74, 6) is -0.640. The van der Waals surface area contributed by atoms with Gasteiger partial charge in [-0.3, -0.25) is 9.89 Å². The zero-order valence-electron chi connectivity index (χ0n) is 16.7. The maximum Gasteiger partial charge on any atom is 0.255 e. The Morgan fingerprint density at radius 2 is 1.87 bits per heavy atom. The molecule has 0 unspecified atom stereocenters. The molecule has 31 heavy (non-hydrogen) atoms. The molecule has 0 aliphatic rings. The standard InChI is InChI=1S/C24H19F2N3O2/c1-31-23-19(24(30)27-14-16-3-2-4-18(26)13-16)10-12-21-22(23)20(28-29-21)11-7-15-5-8-17(25)9-6-15/h2-13H,14H2,1H3,(H,27,30)(H,28,29)/b11-7+. The molecule has 0 spiro atoms. The molecule has 1 heterocycles. The smallest absolute Gasteiger partial charge is 0.255 e. The quantitative estimate of drug-likeness (QED) is 0.465. The maximum absolute atomic E-state index is 13.4. The molecule has 0 radical (unpaired) electrons. The van der Waals surface area contributed by atoms with Crippen molar-refractivity contribution in [1.82, 2.24) is 15.5 Å². The molecule has 4 rings (SSSR count). The number of halogens is 2. The van der Waals surface area contributed by atoms with Crippen molar-refractivity contribution in [2.24, 2.45) is 0 Å². The van der Waals surface area contributed by atoms with Gasteiger partial charge in [-0.1, -0.05) is 30.3 Å². The van der Waals surface area contributed by atoms with E-state index < -0.39 is 0 Å². The third-order valence-electron chi connectivity index (χ3n) is 4.81. The summed E-state index contributed by atoms with van der Waals surface area (Å²) in [5.41, 5.74) is 3.08. The Morgan fingerprint density at radius 3 is 2.61 bits per heavy atom. The maximum atomic E-state index is 13.4. The van der Waals surface area contributed by atoms with E-state index in [2.05, 4.69) is 15.5 Å². The van der Waals surface area contributed by atoms with Crippen LogP contribution in [0.4, 0.5) is 8.78 Å². The summed E-state index contributed by atoms with van der Waals surface area (Å²) in [7, 11) is 1.48. The van der Waals surface area contributed by atoms with E-state index in [4.69, 9.17) is 4.74 Å². The molecular weight excluding hydrogens is 400 g/mol. The second-order valence-electron chi connectivity index (χ2n) is 6.88. The number of aromatic nitrogens is 2. The fourth-order valence-corrected chi connectivity index (χ4v) is 3.29. The first-order chi connectivity index (χ1) is 15.0. The number of benzene rings is 3. The summed E-state index contributed by atoms with van der Waals surface area (Å²) < 4.78 is 32.0. The number of aromatic amines is 1. The zero-order valence-corrected chi connectivity index (χ0v) is 16.7. The number of hydrogen-bond donors (Lipinski definition) is 2. The Morgan fingerprint density at radius 1 is 1.06 bits per heavy atom. The lowest BCUT2D eigenvalue weighted by atomic mass is 10.1. The van der Waals surface area contributed by atoms with E-state index >= 15 is 0 Å². The lowest BCUT2D eigenvalue weighted by molar-refractivity contribution is 0.0948. The van der Waals surface area contributed by atoms with E-state index in [9.17, 15) is 13.6 Å². The van der Waals surface area contributed by atoms with E-state index in [1.807, 2.05) is 0 Å². The fourth-order valence-electron chi connectivity index (χ4n) is 3.29. The van der Waals surface area contributed by atoms with Crippen LogP contribution < -0.4 is 10.1 Å². The summed E-state index contributed by atoms with van der Waals surface area (Å²) in [4.78, 5) is 12.8. The van der Waals surface area contributed by atoms with E-state index in [0.717, 1.165) is 5.56 Å². The van der Waals surface area contributed by atoms with Crippen molar-refractivity contribution in [3.8, 4) is 5.75 Å². The van der Waals surface area contributed by atoms with Crippen molar-refractivity contribution in [2.75, 3.05) is 7.11 Å². The number of amides is 1. The van der Waals surface area contributed by atoms with Gasteiger partial charge in [0.15, 0.2) is 0 Å². The average molecular weight is 419 g/mol. The summed E-state index contributed by atoms with van der Waals surface area (Å²) in [6, 6.07) is 15.5. The number of H-pyrrole nitrogens is 1. The second kappa shape index (κ2) is 8.79. The fraction of sp³-hybridized carbons (Fsp3) is 0.0833. The van der Waals surface area contributed by atoms with Gasteiger partial charge in [0.25, 0.3) is 5.91 Å². The summed E-state index contributed by atoms with van der Waals surface area (Å²) in [5, 5.41) is 10.7. The highest BCUT2D eigenvalue weighted by Gasteiger charge is 2.18. The van der Waals surface area contributed by atoms with Crippen LogP contribution in [0.2, 0.25) is 0 Å². The van der Waals surface area contributed by atoms with Crippen LogP contribution in [0.5, 0.6) is 5.75 Å². The third-order valence-corrected chi connectivity index (χ3v) is 4.81. The van der Waals surface area contributed by atoms with Crippen LogP contribution in [0.15, 0.2) is 60.7 Å². The van der Waals surface area contributed by atoms with Crippen molar-refractivity contribution < 1.29 is 18.3 Å². The van der Waals surface area contributed by atoms with Gasteiger partial charge in [0, 0.05) is 6.54 Å². The van der Waals surface area contributed by atoms with E-state index in [1.165, 1.54) is 31.4 Å². The lowest BCUT2D eigenvalue weighted by Crippen LogP contribution is -2.23. The molecule has 0 saturated carbocycles. The Labute approximate surface area is 177 Å². The summed E-state index contributed by atoms with van der Waals surface area (Å²) >= 11 is 0. The molecule has 2 N–H and O–H groups in total. The normalized spacial score (nSPS) is 11.2. The molecule has 0 fully saturated rings. The molecule has 0 atom stereocenters. The molecule has 0 aliphatic carbocycles. The molecule has 1 aromatic heterocycles. The Balaban J connectivity index is 1.63. The minimum Gasteiger partial charge on any atom is -0.495 e. The Hall–Kier alpha value is -4.00. The van der Waals surface area contributed by atoms with Crippen molar-refractivity contribution in [1.29, 1.82) is 0 Å². The van der Waals surface area contributed by atoms with Gasteiger partial charge in [-0.05, 0) is 53.6 Å². The first-order valence-electron chi connectivity index (χ1n) is 9.56. The molecule has 3 aromatic carbocycles. The lowest BCUT2D eigenvalue weighted by Gasteiger charge is -2.11. The molecule has 156 valence electrons. The number of nitrogens with zero attached hydrogens (tertiary/aromatic N) is 1. The van der Waals surface area contributed by atoms with E-state index in [-0.39, 0.29) is 24.1 Å². The predicted octanol–water partition coefficient (Wildman–Crippen LogP) is 4.95. The number of carbonyl (C=O) groups excluding carboxylic acids is 1. The van der Waals surface area contributed by atoms with Crippen molar-refractivity contribution >= 4 is 29.0 Å². The number of rotatable bonds is 6. The van der Waals surface area contributed by atoms with Gasteiger partial charge < -0.3 is 10.1 Å². The van der Waals surface area contributed by atoms with Crippen molar-refractivity contribution in [3.05, 3.63) is 94.7 Å². The van der Waals surface area contributed by atoms with Crippen molar-refractivity contribution in [2.45, 2.75) is 6.54 Å². The molecule has 4 aromatic rings. The largest absolute Gasteiger partial charge is 0.495 e. The summed E-state index contributed by atoms with van der Waals surface area (Å²) in [6.45, 7) is 0.181. The average Bonchev–Trinajstić information content (AvgIpc) is 3.19. The Bertz CT molecular complexity index is 1260. The van der Waals surface area contributed by atoms with Gasteiger partial charge in [0.2, 0.25) is 0 Å². The molecule has 0 saturated heterocycles. The van der Waals surface area contributed by atoms with Crippen LogP contribution in [-0.4, -0.2) is 23.2 Å². The number of methoxy groups -OCH3 is 1. The molecular formula is C24H19F2N3O2. The minimum absolute atomic E-state index is 0.181. The number of fused-ring (bicyclic) bond motifs is 1. The molecule has 0 bridgehead atoms. The topological polar surface area (TPSA) is 67.0 Å². The van der Waals surface area contributed by atoms with Crippen LogP contribution in [0.3, 0.4) is 0 Å². The van der Waals surface area contributed by atoms with Crippen LogP contribution in [0, 0.1) is 11.6 Å². The first-order valence-corrected chi connectivity index (χ1v) is 9.56. The van der Waals surface area contributed by atoms with Crippen LogP contribution in [0.1, 0.15) is 27.2 Å². The molecule has 7 heteroatoms. The third kappa shape index (κ3) is 4.45. The van der Waals surface area contributed by atoms with Crippen LogP contribution in [0.25, 0.3) is 23.1 Å². The van der Waals surface area contributed by atoms with Crippen LogP contribution in [-0.2, 0) is 6.54 Å². The second-order valence-corrected chi connectivity index (χ2v) is 6.88. The Kier molecular flexibility index (Phi) is 5.75. The van der Waals surface area contributed by atoms with E-state index in [0.29, 0.717) is 33.5 Å². The number of nitrogens with one attached hydrogen (secondary N) is 2. The first kappa shape index (κ1) is 20.3. The SMILES string of the molecule is COc1c(C(=O)NCc2cccc(F)c2)ccc2[nH]nc(/C=C/c3ccc(F)cc3)c12. The molecule has 0 aliphatic heterocycles. The number of hydrogen-bond acceptors (Lipinski definition) is 3. The number of carbonyl (C=O) groups is 1. The highest BCUT2D eigenvalue weighted by molar-refractivity contribution is 6.05. The van der Waals surface area contributed by atoms with Crippen LogP contribution >= 0.6 is 0 Å². The van der Waals surface area contributed by atoms with E-state index in [1.54, 1.807) is 48.6 Å². The minimum atomic E-state index is -0.360. The summed E-state index contributed by atoms with van der Waals surface area (Å²) in [6.07, 6.45) is 3.56. The molecule has 1 amide bonds. The highest BCUT2D eigenvalue weighted by atomic mass is 19.1. The van der Waals surface area contributed by atoms with Gasteiger partial charge in [-0.15, -0.1) is 0 Å². The van der Waals surface area contributed by atoms with Gasteiger partial charge in [0.1, 0.15) is 17.4 Å². The van der Waals surface area contributed by atoms with Gasteiger partial charge in [-0.25, -0.2) is 8.78 Å². The van der Waals surface area contributed by atoms with Crippen molar-refractivity contribution in [3.63, 3.8) is 0 Å². The number of ether oxygens (including phenoxy) is 1. The zero-order chi connectivity index (χ0) is 21.8.